The third-order valence-electron chi connectivity index (χ3n) is 5.61. The lowest BCUT2D eigenvalue weighted by Gasteiger charge is -2.31. The van der Waals surface area contributed by atoms with Crippen molar-refractivity contribution in [2.75, 3.05) is 0 Å². The highest BCUT2D eigenvalue weighted by Crippen LogP contribution is 2.37. The molecule has 2 N–H and O–H groups in total. The van der Waals surface area contributed by atoms with E-state index in [-0.39, 0.29) is 11.1 Å². The topological polar surface area (TPSA) is 74.6 Å². The molecule has 0 bridgehead atoms. The van der Waals surface area contributed by atoms with E-state index in [4.69, 9.17) is 0 Å². The summed E-state index contributed by atoms with van der Waals surface area (Å²) in [6, 6.07) is 10.4. The van der Waals surface area contributed by atoms with E-state index in [0.29, 0.717) is 12.8 Å². The number of carbonyl (C=O) groups is 2. The van der Waals surface area contributed by atoms with Gasteiger partial charge in [0.05, 0.1) is 11.1 Å². The average Bonchev–Trinajstić information content (AvgIpc) is 2.79. The molecular weight excluding hydrogens is 412 g/mol. The summed E-state index contributed by atoms with van der Waals surface area (Å²) in [6.07, 6.45) is 4.46. The highest BCUT2D eigenvalue weighted by atomic mass is 16.4. The third kappa shape index (κ3) is 6.74. The first-order chi connectivity index (χ1) is 15.7. The SMILES string of the molecule is CCCC#CCc1cc(C(=O)O)ccc1C(C)(C)c1ccc(C(=O)O)cc1CC#CCCC. The molecule has 2 rings (SSSR count). The van der Waals surface area contributed by atoms with Gasteiger partial charge in [-0.1, -0.05) is 51.7 Å². The fraction of sp³-hybridized carbons (Fsp3) is 0.379. The van der Waals surface area contributed by atoms with Crippen molar-refractivity contribution >= 4 is 11.9 Å². The van der Waals surface area contributed by atoms with Gasteiger partial charge in [0.2, 0.25) is 0 Å². The smallest absolute Gasteiger partial charge is 0.335 e. The van der Waals surface area contributed by atoms with Crippen molar-refractivity contribution in [3.8, 4) is 23.7 Å². The van der Waals surface area contributed by atoms with Crippen molar-refractivity contribution in [2.24, 2.45) is 0 Å². The van der Waals surface area contributed by atoms with Gasteiger partial charge in [0.15, 0.2) is 0 Å². The molecular formula is C29H32O4. The van der Waals surface area contributed by atoms with Crippen molar-refractivity contribution in [1.82, 2.24) is 0 Å². The summed E-state index contributed by atoms with van der Waals surface area (Å²) in [5.41, 5.74) is 3.65. The highest BCUT2D eigenvalue weighted by molar-refractivity contribution is 5.88. The van der Waals surface area contributed by atoms with Crippen LogP contribution in [0.15, 0.2) is 36.4 Å². The quantitative estimate of drug-likeness (QED) is 0.482. The van der Waals surface area contributed by atoms with Crippen LogP contribution in [-0.4, -0.2) is 22.2 Å². The number of hydrogen-bond donors (Lipinski definition) is 2. The molecule has 0 unspecified atom stereocenters. The van der Waals surface area contributed by atoms with Gasteiger partial charge in [0.1, 0.15) is 0 Å². The maximum atomic E-state index is 11.6. The molecule has 0 amide bonds. The summed E-state index contributed by atoms with van der Waals surface area (Å²) in [7, 11) is 0. The molecule has 0 atom stereocenters. The minimum absolute atomic E-state index is 0.230. The van der Waals surface area contributed by atoms with E-state index >= 15 is 0 Å². The van der Waals surface area contributed by atoms with E-state index in [9.17, 15) is 19.8 Å². The molecule has 0 aliphatic heterocycles. The minimum atomic E-state index is -0.972. The molecule has 0 heterocycles. The molecule has 0 radical (unpaired) electrons. The number of unbranched alkanes of at least 4 members (excludes halogenated alkanes) is 2. The zero-order valence-electron chi connectivity index (χ0n) is 19.9. The largest absolute Gasteiger partial charge is 0.478 e. The number of carboxylic acid groups (broad SMARTS) is 2. The fourth-order valence-electron chi connectivity index (χ4n) is 3.85. The van der Waals surface area contributed by atoms with Crippen molar-refractivity contribution in [3.05, 3.63) is 69.8 Å². The van der Waals surface area contributed by atoms with Crippen molar-refractivity contribution in [1.29, 1.82) is 0 Å². The van der Waals surface area contributed by atoms with Crippen molar-refractivity contribution < 1.29 is 19.8 Å². The van der Waals surface area contributed by atoms with Gasteiger partial charge >= 0.3 is 11.9 Å². The molecule has 4 heteroatoms. The molecule has 0 saturated carbocycles. The molecule has 0 fully saturated rings. The summed E-state index contributed by atoms with van der Waals surface area (Å²) in [4.78, 5) is 23.2. The predicted molar refractivity (Wildman–Crippen MR) is 132 cm³/mol. The standard InChI is InChI=1S/C29H32O4/c1-5-7-9-11-13-21-19-23(27(30)31)15-17-25(21)29(3,4)26-18-16-24(28(32)33)20-22(26)14-12-10-8-6-2/h15-20H,5-8,13-14H2,1-4H3,(H,30,31)(H,32,33). The number of carboxylic acids is 2. The Balaban J connectivity index is 2.62. The maximum Gasteiger partial charge on any atom is 0.335 e. The van der Waals surface area contributed by atoms with Gasteiger partial charge in [0, 0.05) is 31.1 Å². The Kier molecular flexibility index (Phi) is 9.31. The van der Waals surface area contributed by atoms with Crippen LogP contribution in [0.3, 0.4) is 0 Å². The number of hydrogen-bond acceptors (Lipinski definition) is 2. The van der Waals surface area contributed by atoms with E-state index in [1.807, 2.05) is 12.1 Å². The molecule has 2 aromatic carbocycles. The van der Waals surface area contributed by atoms with Crippen LogP contribution in [0.4, 0.5) is 0 Å². The van der Waals surface area contributed by atoms with Gasteiger partial charge in [-0.25, -0.2) is 9.59 Å². The first kappa shape index (κ1) is 25.8. The molecule has 0 aromatic heterocycles. The first-order valence-corrected chi connectivity index (χ1v) is 11.4. The van der Waals surface area contributed by atoms with Crippen molar-refractivity contribution in [2.45, 2.75) is 71.6 Å². The zero-order chi connectivity index (χ0) is 24.4. The Bertz CT molecular complexity index is 1040. The van der Waals surface area contributed by atoms with Crippen LogP contribution in [0.5, 0.6) is 0 Å². The molecule has 172 valence electrons. The van der Waals surface area contributed by atoms with Crippen LogP contribution in [0.2, 0.25) is 0 Å². The zero-order valence-corrected chi connectivity index (χ0v) is 19.9. The van der Waals surface area contributed by atoms with Crippen LogP contribution >= 0.6 is 0 Å². The van der Waals surface area contributed by atoms with Gasteiger partial charge in [-0.15, -0.1) is 11.8 Å². The molecule has 2 aromatic rings. The summed E-state index contributed by atoms with van der Waals surface area (Å²) < 4.78 is 0. The summed E-state index contributed by atoms with van der Waals surface area (Å²) in [6.45, 7) is 8.29. The van der Waals surface area contributed by atoms with Crippen LogP contribution in [0.1, 0.15) is 96.3 Å². The average molecular weight is 445 g/mol. The van der Waals surface area contributed by atoms with Crippen LogP contribution in [-0.2, 0) is 18.3 Å². The van der Waals surface area contributed by atoms with Gasteiger partial charge in [-0.05, 0) is 59.4 Å². The Morgan fingerprint density at radius 1 is 0.727 bits per heavy atom. The van der Waals surface area contributed by atoms with Crippen LogP contribution in [0, 0.1) is 23.7 Å². The fourth-order valence-corrected chi connectivity index (χ4v) is 3.85. The van der Waals surface area contributed by atoms with Crippen LogP contribution in [0.25, 0.3) is 0 Å². The van der Waals surface area contributed by atoms with E-state index in [1.54, 1.807) is 24.3 Å². The van der Waals surface area contributed by atoms with Crippen molar-refractivity contribution in [3.63, 3.8) is 0 Å². The Morgan fingerprint density at radius 3 is 1.45 bits per heavy atom. The summed E-state index contributed by atoms with van der Waals surface area (Å²) in [5, 5.41) is 19.0. The van der Waals surface area contributed by atoms with Gasteiger partial charge in [-0.2, -0.15) is 0 Å². The maximum absolute atomic E-state index is 11.6. The van der Waals surface area contributed by atoms with Gasteiger partial charge in [-0.3, -0.25) is 0 Å². The van der Waals surface area contributed by atoms with E-state index in [0.717, 1.165) is 47.9 Å². The van der Waals surface area contributed by atoms with E-state index < -0.39 is 17.4 Å². The lowest BCUT2D eigenvalue weighted by Crippen LogP contribution is -2.23. The Hall–Kier alpha value is -3.50. The Labute approximate surface area is 197 Å². The molecule has 0 aliphatic carbocycles. The van der Waals surface area contributed by atoms with Gasteiger partial charge < -0.3 is 10.2 Å². The normalized spacial score (nSPS) is 10.5. The second kappa shape index (κ2) is 11.9. The van der Waals surface area contributed by atoms with Crippen LogP contribution < -0.4 is 0 Å². The minimum Gasteiger partial charge on any atom is -0.478 e. The van der Waals surface area contributed by atoms with E-state index in [1.165, 1.54) is 0 Å². The molecule has 33 heavy (non-hydrogen) atoms. The number of rotatable bonds is 8. The number of aromatic carboxylic acids is 2. The summed E-state index contributed by atoms with van der Waals surface area (Å²) in [5.74, 6) is 10.7. The first-order valence-electron chi connectivity index (χ1n) is 11.4. The lowest BCUT2D eigenvalue weighted by atomic mass is 9.73. The molecule has 0 aliphatic rings. The Morgan fingerprint density at radius 2 is 1.12 bits per heavy atom. The lowest BCUT2D eigenvalue weighted by molar-refractivity contribution is 0.0686. The summed E-state index contributed by atoms with van der Waals surface area (Å²) >= 11 is 0. The predicted octanol–water partition coefficient (Wildman–Crippen LogP) is 6.10. The second-order valence-corrected chi connectivity index (χ2v) is 8.54. The molecule has 4 nitrogen and oxygen atoms in total. The molecule has 0 spiro atoms. The highest BCUT2D eigenvalue weighted by Gasteiger charge is 2.29. The van der Waals surface area contributed by atoms with E-state index in [2.05, 4.69) is 51.4 Å². The third-order valence-corrected chi connectivity index (χ3v) is 5.61. The second-order valence-electron chi connectivity index (χ2n) is 8.54. The molecule has 0 saturated heterocycles. The monoisotopic (exact) mass is 444 g/mol. The van der Waals surface area contributed by atoms with Gasteiger partial charge in [0.25, 0.3) is 0 Å². The number of benzene rings is 2.